The van der Waals surface area contributed by atoms with E-state index in [2.05, 4.69) is 60.1 Å². The number of aromatic nitrogens is 3. The van der Waals surface area contributed by atoms with Gasteiger partial charge in [-0.2, -0.15) is 0 Å². The average Bonchev–Trinajstić information content (AvgIpc) is 2.85. The van der Waals surface area contributed by atoms with Gasteiger partial charge in [0.2, 0.25) is 0 Å². The first-order valence-corrected chi connectivity index (χ1v) is 12.5. The van der Waals surface area contributed by atoms with Crippen LogP contribution in [0.3, 0.4) is 0 Å². The minimum Gasteiger partial charge on any atom is -0.494 e. The molecule has 182 valence electrons. The van der Waals surface area contributed by atoms with Crippen LogP contribution in [0.2, 0.25) is 0 Å². The fourth-order valence-corrected chi connectivity index (χ4v) is 4.51. The molecule has 0 amide bonds. The highest BCUT2D eigenvalue weighted by Crippen LogP contribution is 2.35. The molecule has 2 aromatic heterocycles. The molecule has 3 rings (SSSR count). The lowest BCUT2D eigenvalue weighted by molar-refractivity contribution is 0.419. The number of halogens is 1. The van der Waals surface area contributed by atoms with Gasteiger partial charge in [-0.25, -0.2) is 14.4 Å². The Kier molecular flexibility index (Phi) is 11.0. The summed E-state index contributed by atoms with van der Waals surface area (Å²) in [4.78, 5) is 15.7. The van der Waals surface area contributed by atoms with Crippen molar-refractivity contribution in [3.63, 3.8) is 0 Å². The third-order valence-electron chi connectivity index (χ3n) is 4.90. The van der Waals surface area contributed by atoms with Crippen molar-refractivity contribution in [2.24, 2.45) is 0 Å². The minimum absolute atomic E-state index is 0.0526. The highest BCUT2D eigenvalue weighted by molar-refractivity contribution is 8.06. The van der Waals surface area contributed by atoms with Gasteiger partial charge in [-0.15, -0.1) is 0 Å². The molecular formula is C27H35FN4OS. The van der Waals surface area contributed by atoms with Crippen LogP contribution in [0.25, 0.3) is 22.2 Å². The molecule has 34 heavy (non-hydrogen) atoms. The fourth-order valence-electron chi connectivity index (χ4n) is 3.40. The summed E-state index contributed by atoms with van der Waals surface area (Å²) in [5.74, 6) is 0.952. The fraction of sp³-hybridized carbons (Fsp3) is 0.370. The Hall–Kier alpha value is -2.93. The molecule has 0 bridgehead atoms. The monoisotopic (exact) mass is 482 g/mol. The maximum atomic E-state index is 13.4. The van der Waals surface area contributed by atoms with E-state index in [4.69, 9.17) is 4.74 Å². The smallest absolute Gasteiger partial charge is 0.145 e. The summed E-state index contributed by atoms with van der Waals surface area (Å²) in [6.07, 6.45) is 9.18. The number of benzene rings is 1. The lowest BCUT2D eigenvalue weighted by Crippen LogP contribution is -2.18. The van der Waals surface area contributed by atoms with Crippen molar-refractivity contribution >= 4 is 28.5 Å². The molecule has 7 heteroatoms. The summed E-state index contributed by atoms with van der Waals surface area (Å²) in [5.41, 5.74) is 2.16. The number of anilines is 1. The first kappa shape index (κ1) is 27.3. The van der Waals surface area contributed by atoms with Crippen molar-refractivity contribution in [3.8, 4) is 17.0 Å². The summed E-state index contributed by atoms with van der Waals surface area (Å²) in [5, 5.41) is 4.37. The van der Waals surface area contributed by atoms with Gasteiger partial charge in [0.05, 0.1) is 25.0 Å². The van der Waals surface area contributed by atoms with Gasteiger partial charge in [-0.3, -0.25) is 4.98 Å². The van der Waals surface area contributed by atoms with E-state index in [1.54, 1.807) is 24.9 Å². The number of methoxy groups -OCH3 is 1. The van der Waals surface area contributed by atoms with Crippen LogP contribution in [0.1, 0.15) is 54.4 Å². The van der Waals surface area contributed by atoms with Gasteiger partial charge in [0.15, 0.2) is 0 Å². The van der Waals surface area contributed by atoms with Crippen molar-refractivity contribution in [1.82, 2.24) is 15.0 Å². The maximum absolute atomic E-state index is 13.4. The van der Waals surface area contributed by atoms with Crippen LogP contribution in [-0.4, -0.2) is 28.1 Å². The van der Waals surface area contributed by atoms with Gasteiger partial charge >= 0.3 is 0 Å². The molecule has 1 N–H and O–H groups in total. The molecule has 2 heterocycles. The Labute approximate surface area is 207 Å². The lowest BCUT2D eigenvalue weighted by Gasteiger charge is -2.20. The Morgan fingerprint density at radius 1 is 1.12 bits per heavy atom. The van der Waals surface area contributed by atoms with Crippen LogP contribution in [0, 0.1) is 5.82 Å². The van der Waals surface area contributed by atoms with Crippen molar-refractivity contribution in [1.29, 1.82) is 0 Å². The van der Waals surface area contributed by atoms with Crippen molar-refractivity contribution in [3.05, 3.63) is 64.6 Å². The number of nitrogens with one attached hydrogen (secondary N) is 1. The third-order valence-corrected chi connectivity index (χ3v) is 6.15. The maximum Gasteiger partial charge on any atom is 0.145 e. The van der Waals surface area contributed by atoms with E-state index in [1.165, 1.54) is 28.4 Å². The van der Waals surface area contributed by atoms with E-state index >= 15 is 0 Å². The van der Waals surface area contributed by atoms with Gasteiger partial charge in [0.25, 0.3) is 0 Å². The van der Waals surface area contributed by atoms with Crippen molar-refractivity contribution in [2.75, 3.05) is 12.4 Å². The molecule has 0 fully saturated rings. The van der Waals surface area contributed by atoms with E-state index in [1.807, 2.05) is 26.0 Å². The standard InChI is InChI=1S/C25H29FN4OS.C2H6/c1-6-8-16(3)32-23(9-7-2)17(4)30-25-20-12-18(21-11-10-19(26)14-27-21)13-22(31-5)24(20)28-15-29-25;1-2/h8-15,17H,6-7H2,1-5H3,(H,28,29,30);1-2H3/b16-8-,23-9+;. The Bertz CT molecular complexity index is 1130. The summed E-state index contributed by atoms with van der Waals surface area (Å²) in [7, 11) is 1.61. The summed E-state index contributed by atoms with van der Waals surface area (Å²) in [6.45, 7) is 12.5. The van der Waals surface area contributed by atoms with Crippen molar-refractivity contribution < 1.29 is 9.13 Å². The number of nitrogens with zero attached hydrogens (tertiary/aromatic N) is 3. The Morgan fingerprint density at radius 3 is 2.47 bits per heavy atom. The number of allylic oxidation sites excluding steroid dienone is 3. The predicted molar refractivity (Wildman–Crippen MR) is 144 cm³/mol. The normalized spacial score (nSPS) is 12.7. The zero-order chi connectivity index (χ0) is 25.1. The molecule has 5 nitrogen and oxygen atoms in total. The first-order chi connectivity index (χ1) is 16.5. The average molecular weight is 483 g/mol. The second kappa shape index (κ2) is 13.7. The summed E-state index contributed by atoms with van der Waals surface area (Å²) >= 11 is 1.78. The van der Waals surface area contributed by atoms with E-state index in [9.17, 15) is 4.39 Å². The number of hydrogen-bond donors (Lipinski definition) is 1. The van der Waals surface area contributed by atoms with Crippen molar-refractivity contribution in [2.45, 2.75) is 60.4 Å². The quantitative estimate of drug-likeness (QED) is 0.333. The molecular weight excluding hydrogens is 447 g/mol. The molecule has 0 aliphatic rings. The minimum atomic E-state index is -0.374. The van der Waals surface area contributed by atoms with E-state index in [0.717, 1.165) is 23.8 Å². The van der Waals surface area contributed by atoms with E-state index in [-0.39, 0.29) is 11.9 Å². The molecule has 0 spiro atoms. The molecule has 0 saturated carbocycles. The molecule has 1 atom stereocenters. The molecule has 0 aliphatic carbocycles. The number of pyridine rings is 1. The molecule has 3 aromatic rings. The van der Waals surface area contributed by atoms with Crippen LogP contribution in [0.15, 0.2) is 58.8 Å². The summed E-state index contributed by atoms with van der Waals surface area (Å²) < 4.78 is 19.0. The topological polar surface area (TPSA) is 59.9 Å². The molecule has 0 aliphatic heterocycles. The van der Waals surface area contributed by atoms with Gasteiger partial charge < -0.3 is 10.1 Å². The van der Waals surface area contributed by atoms with Gasteiger partial charge in [0, 0.05) is 15.9 Å². The largest absolute Gasteiger partial charge is 0.494 e. The number of ether oxygens (including phenoxy) is 1. The van der Waals surface area contributed by atoms with Crippen LogP contribution in [-0.2, 0) is 0 Å². The second-order valence-corrected chi connectivity index (χ2v) is 8.68. The van der Waals surface area contributed by atoms with Gasteiger partial charge in [-0.1, -0.05) is 51.6 Å². The zero-order valence-corrected chi connectivity index (χ0v) is 22.0. The predicted octanol–water partition coefficient (Wildman–Crippen LogP) is 8.01. The van der Waals surface area contributed by atoms with E-state index in [0.29, 0.717) is 22.8 Å². The molecule has 0 saturated heterocycles. The molecule has 0 radical (unpaired) electrons. The third kappa shape index (κ3) is 7.03. The second-order valence-electron chi connectivity index (χ2n) is 7.36. The van der Waals surface area contributed by atoms with E-state index < -0.39 is 0 Å². The Morgan fingerprint density at radius 2 is 1.85 bits per heavy atom. The zero-order valence-electron chi connectivity index (χ0n) is 21.1. The molecule has 1 unspecified atom stereocenters. The highest BCUT2D eigenvalue weighted by atomic mass is 32.2. The lowest BCUT2D eigenvalue weighted by atomic mass is 10.1. The van der Waals surface area contributed by atoms with Crippen LogP contribution < -0.4 is 10.1 Å². The number of hydrogen-bond acceptors (Lipinski definition) is 6. The van der Waals surface area contributed by atoms with Gasteiger partial charge in [0.1, 0.15) is 29.2 Å². The number of thioether (sulfide) groups is 1. The Balaban J connectivity index is 0.00000199. The van der Waals surface area contributed by atoms with Crippen LogP contribution in [0.5, 0.6) is 5.75 Å². The highest BCUT2D eigenvalue weighted by Gasteiger charge is 2.16. The van der Waals surface area contributed by atoms with Crippen LogP contribution in [0.4, 0.5) is 10.2 Å². The summed E-state index contributed by atoms with van der Waals surface area (Å²) in [6, 6.07) is 6.92. The number of fused-ring (bicyclic) bond motifs is 1. The molecule has 1 aromatic carbocycles. The van der Waals surface area contributed by atoms with Crippen LogP contribution >= 0.6 is 11.8 Å². The number of rotatable bonds is 9. The first-order valence-electron chi connectivity index (χ1n) is 11.7. The van der Waals surface area contributed by atoms with Gasteiger partial charge in [-0.05, 0) is 55.9 Å². The SMILES string of the molecule is CC.CC/C=C(/C)S/C(=C/CC)C(C)Nc1ncnc2c(OC)cc(-c3ccc(F)cn3)cc12.